The van der Waals surface area contributed by atoms with Gasteiger partial charge in [-0.15, -0.1) is 0 Å². The number of nitrogens with one attached hydrogen (secondary N) is 1. The molecule has 1 amide bonds. The number of rotatable bonds is 5. The molecule has 0 fully saturated rings. The largest absolute Gasteiger partial charge is 0.350 e. The molecule has 6 heteroatoms. The van der Waals surface area contributed by atoms with Crippen molar-refractivity contribution in [1.82, 2.24) is 9.88 Å². The number of thiazole rings is 1. The number of nitrogens with zero attached hydrogens (tertiary/aromatic N) is 2. The second kappa shape index (κ2) is 7.05. The summed E-state index contributed by atoms with van der Waals surface area (Å²) in [5.41, 5.74) is 2.41. The molecule has 0 saturated carbocycles. The van der Waals surface area contributed by atoms with Crippen molar-refractivity contribution in [3.05, 3.63) is 56.1 Å². The van der Waals surface area contributed by atoms with Crippen LogP contribution in [0.3, 0.4) is 0 Å². The Bertz CT molecular complexity index is 753. The van der Waals surface area contributed by atoms with E-state index in [1.165, 1.54) is 0 Å². The minimum absolute atomic E-state index is 0.0366. The molecular formula is C16H17N3O2S. The third-order valence-electron chi connectivity index (χ3n) is 3.46. The van der Waals surface area contributed by atoms with Crippen LogP contribution in [0.25, 0.3) is 0 Å². The molecule has 5 nitrogen and oxygen atoms in total. The Labute approximate surface area is 132 Å². The van der Waals surface area contributed by atoms with Crippen LogP contribution in [0.4, 0.5) is 0 Å². The van der Waals surface area contributed by atoms with E-state index in [1.807, 2.05) is 26.0 Å². The molecule has 0 saturated heterocycles. The molecule has 1 aromatic carbocycles. The molecule has 1 aromatic heterocycles. The van der Waals surface area contributed by atoms with E-state index < -0.39 is 0 Å². The average Bonchev–Trinajstić information content (AvgIpc) is 2.84. The highest BCUT2D eigenvalue weighted by molar-refractivity contribution is 7.07. The van der Waals surface area contributed by atoms with Crippen LogP contribution >= 0.6 is 11.3 Å². The number of amides is 1. The van der Waals surface area contributed by atoms with Crippen LogP contribution in [0.5, 0.6) is 0 Å². The van der Waals surface area contributed by atoms with Crippen LogP contribution in [0.2, 0.25) is 0 Å². The summed E-state index contributed by atoms with van der Waals surface area (Å²) >= 11 is 1.15. The topological polar surface area (TPSA) is 74.9 Å². The first kappa shape index (κ1) is 16.0. The van der Waals surface area contributed by atoms with Crippen LogP contribution in [-0.4, -0.2) is 10.5 Å². The van der Waals surface area contributed by atoms with Gasteiger partial charge in [-0.05, 0) is 31.5 Å². The van der Waals surface area contributed by atoms with E-state index in [1.54, 1.807) is 22.1 Å². The number of aromatic nitrogens is 1. The van der Waals surface area contributed by atoms with E-state index in [0.717, 1.165) is 22.6 Å². The number of nitriles is 1. The van der Waals surface area contributed by atoms with E-state index in [-0.39, 0.29) is 23.2 Å². The van der Waals surface area contributed by atoms with Gasteiger partial charge >= 0.3 is 4.87 Å². The SMILES string of the molecule is Cc1csc(=O)n1CCC(=O)N[C@H](C)c1ccc(C#N)cc1. The smallest absolute Gasteiger partial charge is 0.307 e. The Hall–Kier alpha value is -2.39. The first-order valence-electron chi connectivity index (χ1n) is 6.95. The molecule has 114 valence electrons. The fourth-order valence-corrected chi connectivity index (χ4v) is 2.89. The molecular weight excluding hydrogens is 298 g/mol. The van der Waals surface area contributed by atoms with Gasteiger partial charge in [0.2, 0.25) is 5.91 Å². The summed E-state index contributed by atoms with van der Waals surface area (Å²) in [6.07, 6.45) is 0.262. The van der Waals surface area contributed by atoms with Gasteiger partial charge in [-0.1, -0.05) is 23.5 Å². The highest BCUT2D eigenvalue weighted by Gasteiger charge is 2.11. The highest BCUT2D eigenvalue weighted by atomic mass is 32.1. The molecule has 0 aliphatic heterocycles. The fourth-order valence-electron chi connectivity index (χ4n) is 2.13. The van der Waals surface area contributed by atoms with Gasteiger partial charge in [0.05, 0.1) is 17.7 Å². The zero-order valence-corrected chi connectivity index (χ0v) is 13.3. The van der Waals surface area contributed by atoms with Crippen molar-refractivity contribution in [2.45, 2.75) is 32.9 Å². The first-order chi connectivity index (χ1) is 10.5. The van der Waals surface area contributed by atoms with Crippen molar-refractivity contribution >= 4 is 17.2 Å². The van der Waals surface area contributed by atoms with Crippen molar-refractivity contribution in [3.8, 4) is 6.07 Å². The standard InChI is InChI=1S/C16H17N3O2S/c1-11-10-22-16(21)19(11)8-7-15(20)18-12(2)14-5-3-13(9-17)4-6-14/h3-6,10,12H,7-8H2,1-2H3,(H,18,20)/t12-/m1/s1. The number of benzene rings is 1. The maximum Gasteiger partial charge on any atom is 0.307 e. The Balaban J connectivity index is 1.91. The van der Waals surface area contributed by atoms with Crippen molar-refractivity contribution in [2.75, 3.05) is 0 Å². The normalized spacial score (nSPS) is 11.7. The molecule has 2 aromatic rings. The third-order valence-corrected chi connectivity index (χ3v) is 4.34. The molecule has 0 unspecified atom stereocenters. The van der Waals surface area contributed by atoms with E-state index >= 15 is 0 Å². The zero-order valence-electron chi connectivity index (χ0n) is 12.5. The van der Waals surface area contributed by atoms with E-state index in [0.29, 0.717) is 12.1 Å². The summed E-state index contributed by atoms with van der Waals surface area (Å²) in [6.45, 7) is 4.14. The fraction of sp³-hybridized carbons (Fsp3) is 0.312. The Morgan fingerprint density at radius 1 is 1.41 bits per heavy atom. The molecule has 1 heterocycles. The van der Waals surface area contributed by atoms with Gasteiger partial charge in [0.25, 0.3) is 0 Å². The lowest BCUT2D eigenvalue weighted by Gasteiger charge is -2.14. The summed E-state index contributed by atoms with van der Waals surface area (Å²) in [5.74, 6) is -0.102. The quantitative estimate of drug-likeness (QED) is 0.920. The van der Waals surface area contributed by atoms with Gasteiger partial charge < -0.3 is 9.88 Å². The molecule has 0 bridgehead atoms. The van der Waals surface area contributed by atoms with Gasteiger partial charge in [-0.2, -0.15) is 5.26 Å². The van der Waals surface area contributed by atoms with E-state index in [4.69, 9.17) is 5.26 Å². The van der Waals surface area contributed by atoms with E-state index in [9.17, 15) is 9.59 Å². The summed E-state index contributed by atoms with van der Waals surface area (Å²) in [5, 5.41) is 13.5. The van der Waals surface area contributed by atoms with Crippen LogP contribution in [0.15, 0.2) is 34.4 Å². The summed E-state index contributed by atoms with van der Waals surface area (Å²) < 4.78 is 1.61. The van der Waals surface area contributed by atoms with Crippen molar-refractivity contribution in [3.63, 3.8) is 0 Å². The molecule has 0 spiro atoms. The number of carbonyl (C=O) groups is 1. The summed E-state index contributed by atoms with van der Waals surface area (Å²) in [7, 11) is 0. The number of hydrogen-bond acceptors (Lipinski definition) is 4. The second-order valence-corrected chi connectivity index (χ2v) is 5.89. The van der Waals surface area contributed by atoms with Crippen molar-refractivity contribution < 1.29 is 4.79 Å². The molecule has 0 radical (unpaired) electrons. The summed E-state index contributed by atoms with van der Waals surface area (Å²) in [4.78, 5) is 23.5. The zero-order chi connectivity index (χ0) is 16.1. The van der Waals surface area contributed by atoms with Crippen LogP contribution in [-0.2, 0) is 11.3 Å². The van der Waals surface area contributed by atoms with Crippen LogP contribution in [0, 0.1) is 18.3 Å². The highest BCUT2D eigenvalue weighted by Crippen LogP contribution is 2.13. The van der Waals surface area contributed by atoms with Crippen LogP contribution in [0.1, 0.15) is 36.2 Å². The molecule has 2 rings (SSSR count). The maximum atomic E-state index is 12.0. The predicted molar refractivity (Wildman–Crippen MR) is 85.6 cm³/mol. The monoisotopic (exact) mass is 315 g/mol. The van der Waals surface area contributed by atoms with Gasteiger partial charge in [0.15, 0.2) is 0 Å². The van der Waals surface area contributed by atoms with Crippen LogP contribution < -0.4 is 10.2 Å². The van der Waals surface area contributed by atoms with Gasteiger partial charge in [-0.3, -0.25) is 9.59 Å². The molecule has 1 atom stereocenters. The number of aryl methyl sites for hydroxylation is 1. The number of carbonyl (C=O) groups excluding carboxylic acids is 1. The molecule has 0 aliphatic carbocycles. The minimum Gasteiger partial charge on any atom is -0.350 e. The number of hydrogen-bond donors (Lipinski definition) is 1. The second-order valence-electron chi connectivity index (χ2n) is 5.07. The van der Waals surface area contributed by atoms with Gasteiger partial charge in [0, 0.05) is 24.0 Å². The molecule has 22 heavy (non-hydrogen) atoms. The lowest BCUT2D eigenvalue weighted by atomic mass is 10.1. The maximum absolute atomic E-state index is 12.0. The minimum atomic E-state index is -0.138. The van der Waals surface area contributed by atoms with E-state index in [2.05, 4.69) is 11.4 Å². The first-order valence-corrected chi connectivity index (χ1v) is 7.83. The van der Waals surface area contributed by atoms with Gasteiger partial charge in [0.1, 0.15) is 0 Å². The third kappa shape index (κ3) is 3.83. The lowest BCUT2D eigenvalue weighted by molar-refractivity contribution is -0.121. The van der Waals surface area contributed by atoms with Gasteiger partial charge in [-0.25, -0.2) is 0 Å². The Kier molecular flexibility index (Phi) is 5.12. The molecule has 1 N–H and O–H groups in total. The molecule has 0 aliphatic rings. The summed E-state index contributed by atoms with van der Waals surface area (Å²) in [6, 6.07) is 9.04. The van der Waals surface area contributed by atoms with Crippen molar-refractivity contribution in [1.29, 1.82) is 5.26 Å². The lowest BCUT2D eigenvalue weighted by Crippen LogP contribution is -2.28. The Morgan fingerprint density at radius 3 is 2.64 bits per heavy atom. The average molecular weight is 315 g/mol. The van der Waals surface area contributed by atoms with Crippen molar-refractivity contribution in [2.24, 2.45) is 0 Å². The Morgan fingerprint density at radius 2 is 2.09 bits per heavy atom. The predicted octanol–water partition coefficient (Wildman–Crippen LogP) is 2.36.